The summed E-state index contributed by atoms with van der Waals surface area (Å²) in [5.41, 5.74) is 3.84. The van der Waals surface area contributed by atoms with Gasteiger partial charge in [0.2, 0.25) is 0 Å². The van der Waals surface area contributed by atoms with E-state index in [0.29, 0.717) is 11.4 Å². The molecule has 126 valence electrons. The Morgan fingerprint density at radius 1 is 1.00 bits per heavy atom. The molecule has 2 aromatic carbocycles. The number of halogens is 2. The summed E-state index contributed by atoms with van der Waals surface area (Å²) in [6.07, 6.45) is -1.98. The molecule has 0 amide bonds. The summed E-state index contributed by atoms with van der Waals surface area (Å²) >= 11 is 0. The predicted octanol–water partition coefficient (Wildman–Crippen LogP) is 3.51. The number of alkyl halides is 2. The van der Waals surface area contributed by atoms with Crippen LogP contribution in [0, 0.1) is 0 Å². The Labute approximate surface area is 141 Å². The summed E-state index contributed by atoms with van der Waals surface area (Å²) < 4.78 is 35.1. The predicted molar refractivity (Wildman–Crippen MR) is 87.0 cm³/mol. The Balaban J connectivity index is 1.64. The van der Waals surface area contributed by atoms with Gasteiger partial charge in [-0.2, -0.15) is 0 Å². The minimum absolute atomic E-state index is 0.0181. The third-order valence-corrected chi connectivity index (χ3v) is 3.73. The molecular formula is C17H12F2N4O2. The van der Waals surface area contributed by atoms with Gasteiger partial charge in [-0.25, -0.2) is 0 Å². The average molecular weight is 342 g/mol. The lowest BCUT2D eigenvalue weighted by Crippen LogP contribution is -2.25. The molecule has 0 fully saturated rings. The number of hydrogen-bond acceptors (Lipinski definition) is 5. The zero-order valence-corrected chi connectivity index (χ0v) is 13.0. The minimum Gasteiger partial charge on any atom is -0.395 e. The molecule has 1 aromatic heterocycles. The second-order valence-electron chi connectivity index (χ2n) is 5.37. The third kappa shape index (κ3) is 2.82. The lowest BCUT2D eigenvalue weighted by atomic mass is 10.0. The van der Waals surface area contributed by atoms with E-state index in [-0.39, 0.29) is 11.5 Å². The summed E-state index contributed by atoms with van der Waals surface area (Å²) in [7, 11) is 1.66. The molecule has 0 bridgehead atoms. The van der Waals surface area contributed by atoms with Gasteiger partial charge in [-0.1, -0.05) is 35.5 Å². The van der Waals surface area contributed by atoms with E-state index in [1.807, 2.05) is 24.3 Å². The van der Waals surface area contributed by atoms with Gasteiger partial charge in [0, 0.05) is 18.8 Å². The fourth-order valence-electron chi connectivity index (χ4n) is 2.62. The third-order valence-electron chi connectivity index (χ3n) is 3.73. The van der Waals surface area contributed by atoms with Crippen LogP contribution in [0.5, 0.6) is 11.5 Å². The van der Waals surface area contributed by atoms with Crippen molar-refractivity contribution >= 4 is 6.21 Å². The van der Waals surface area contributed by atoms with Gasteiger partial charge < -0.3 is 9.47 Å². The molecule has 8 heteroatoms. The van der Waals surface area contributed by atoms with Crippen molar-refractivity contribution in [3.63, 3.8) is 0 Å². The van der Waals surface area contributed by atoms with Gasteiger partial charge in [0.15, 0.2) is 11.5 Å². The number of fused-ring (bicyclic) bond motifs is 1. The maximum atomic E-state index is 13.1. The largest absolute Gasteiger partial charge is 0.586 e. The standard InChI is InChI=1S/C17H12F2N4O2/c1-20-9-13-16(22-23-21-13)11-4-2-10(3-5-11)12-6-7-14-15(8-12)25-17(18,19)24-14/h2-9H,1H3,(H,21,22,23)/b20-9+. The van der Waals surface area contributed by atoms with Gasteiger partial charge in [0.05, 0.1) is 0 Å². The van der Waals surface area contributed by atoms with Crippen LogP contribution in [0.15, 0.2) is 47.5 Å². The monoisotopic (exact) mass is 342 g/mol. The Morgan fingerprint density at radius 3 is 2.44 bits per heavy atom. The van der Waals surface area contributed by atoms with Crippen LogP contribution in [0.2, 0.25) is 0 Å². The van der Waals surface area contributed by atoms with Gasteiger partial charge in [0.1, 0.15) is 11.4 Å². The molecule has 0 saturated heterocycles. The van der Waals surface area contributed by atoms with E-state index in [1.54, 1.807) is 19.3 Å². The van der Waals surface area contributed by atoms with Crippen molar-refractivity contribution in [2.45, 2.75) is 6.29 Å². The molecule has 1 aliphatic heterocycles. The Hall–Kier alpha value is -3.29. The van der Waals surface area contributed by atoms with Crippen LogP contribution in [-0.4, -0.2) is 35.0 Å². The summed E-state index contributed by atoms with van der Waals surface area (Å²) in [6, 6.07) is 12.2. The summed E-state index contributed by atoms with van der Waals surface area (Å²) in [4.78, 5) is 3.95. The van der Waals surface area contributed by atoms with Crippen LogP contribution in [0.1, 0.15) is 5.69 Å². The zero-order chi connectivity index (χ0) is 17.4. The van der Waals surface area contributed by atoms with Crippen LogP contribution in [0.25, 0.3) is 22.4 Å². The van der Waals surface area contributed by atoms with Gasteiger partial charge in [-0.05, 0) is 23.3 Å². The quantitative estimate of drug-likeness (QED) is 0.739. The maximum Gasteiger partial charge on any atom is 0.586 e. The second kappa shape index (κ2) is 5.66. The minimum atomic E-state index is -3.62. The molecule has 0 aliphatic carbocycles. The second-order valence-corrected chi connectivity index (χ2v) is 5.37. The number of benzene rings is 2. The maximum absolute atomic E-state index is 13.1. The van der Waals surface area contributed by atoms with Gasteiger partial charge in [0.25, 0.3) is 0 Å². The van der Waals surface area contributed by atoms with Gasteiger partial charge >= 0.3 is 6.29 Å². The molecule has 1 N–H and O–H groups in total. The summed E-state index contributed by atoms with van der Waals surface area (Å²) in [5.74, 6) is 0.0426. The average Bonchev–Trinajstić information content (AvgIpc) is 3.17. The fraction of sp³-hybridized carbons (Fsp3) is 0.118. The molecule has 3 aromatic rings. The van der Waals surface area contributed by atoms with E-state index in [0.717, 1.165) is 16.7 Å². The molecule has 0 unspecified atom stereocenters. The summed E-state index contributed by atoms with van der Waals surface area (Å²) in [6.45, 7) is 0. The van der Waals surface area contributed by atoms with Crippen molar-refractivity contribution < 1.29 is 18.3 Å². The van der Waals surface area contributed by atoms with E-state index >= 15 is 0 Å². The normalized spacial score (nSPS) is 15.0. The van der Waals surface area contributed by atoms with E-state index in [4.69, 9.17) is 0 Å². The highest BCUT2D eigenvalue weighted by Crippen LogP contribution is 2.43. The first-order valence-electron chi connectivity index (χ1n) is 7.40. The van der Waals surface area contributed by atoms with Crippen LogP contribution in [0.3, 0.4) is 0 Å². The zero-order valence-electron chi connectivity index (χ0n) is 13.0. The molecule has 4 rings (SSSR count). The van der Waals surface area contributed by atoms with E-state index in [2.05, 4.69) is 29.9 Å². The van der Waals surface area contributed by atoms with Crippen molar-refractivity contribution in [2.75, 3.05) is 7.05 Å². The van der Waals surface area contributed by atoms with Crippen molar-refractivity contribution in [3.05, 3.63) is 48.2 Å². The van der Waals surface area contributed by atoms with E-state index in [9.17, 15) is 8.78 Å². The van der Waals surface area contributed by atoms with Crippen molar-refractivity contribution in [1.29, 1.82) is 0 Å². The number of hydrogen-bond donors (Lipinski definition) is 1. The lowest BCUT2D eigenvalue weighted by molar-refractivity contribution is -0.286. The lowest BCUT2D eigenvalue weighted by Gasteiger charge is -2.05. The molecular weight excluding hydrogens is 330 g/mol. The highest BCUT2D eigenvalue weighted by Gasteiger charge is 2.43. The van der Waals surface area contributed by atoms with Crippen LogP contribution in [-0.2, 0) is 0 Å². The van der Waals surface area contributed by atoms with Crippen molar-refractivity contribution in [1.82, 2.24) is 15.4 Å². The highest BCUT2D eigenvalue weighted by atomic mass is 19.3. The molecule has 0 atom stereocenters. The molecule has 0 saturated carbocycles. The first kappa shape index (κ1) is 15.3. The topological polar surface area (TPSA) is 72.4 Å². The van der Waals surface area contributed by atoms with Gasteiger partial charge in [-0.15, -0.1) is 13.9 Å². The highest BCUT2D eigenvalue weighted by molar-refractivity contribution is 5.86. The Kier molecular flexibility index (Phi) is 3.45. The Morgan fingerprint density at radius 2 is 1.68 bits per heavy atom. The molecule has 25 heavy (non-hydrogen) atoms. The van der Waals surface area contributed by atoms with Crippen LogP contribution < -0.4 is 9.47 Å². The molecule has 0 spiro atoms. The van der Waals surface area contributed by atoms with Crippen molar-refractivity contribution in [3.8, 4) is 33.9 Å². The number of aliphatic imine (C=N–C) groups is 1. The molecule has 0 radical (unpaired) electrons. The van der Waals surface area contributed by atoms with Crippen molar-refractivity contribution in [2.24, 2.45) is 4.99 Å². The van der Waals surface area contributed by atoms with Crippen LogP contribution in [0.4, 0.5) is 8.78 Å². The fourth-order valence-corrected chi connectivity index (χ4v) is 2.62. The van der Waals surface area contributed by atoms with E-state index < -0.39 is 6.29 Å². The first-order chi connectivity index (χ1) is 12.1. The number of aromatic amines is 1. The number of ether oxygens (including phenoxy) is 2. The number of rotatable bonds is 3. The Bertz CT molecular complexity index is 952. The number of aromatic nitrogens is 3. The van der Waals surface area contributed by atoms with Gasteiger partial charge in [-0.3, -0.25) is 10.1 Å². The SMILES string of the molecule is C/N=C/c1[nH]nnc1-c1ccc(-c2ccc3c(c2)OC(F)(F)O3)cc1. The number of H-pyrrole nitrogens is 1. The first-order valence-corrected chi connectivity index (χ1v) is 7.40. The smallest absolute Gasteiger partial charge is 0.395 e. The number of nitrogens with zero attached hydrogens (tertiary/aromatic N) is 3. The molecule has 6 nitrogen and oxygen atoms in total. The number of nitrogens with one attached hydrogen (secondary N) is 1. The van der Waals surface area contributed by atoms with E-state index in [1.165, 1.54) is 12.1 Å². The molecule has 1 aliphatic rings. The summed E-state index contributed by atoms with van der Waals surface area (Å²) in [5, 5.41) is 10.6. The van der Waals surface area contributed by atoms with Crippen LogP contribution >= 0.6 is 0 Å². The molecule has 2 heterocycles.